The van der Waals surface area contributed by atoms with Gasteiger partial charge in [-0.25, -0.2) is 9.13 Å². The molecule has 0 aliphatic carbocycles. The highest BCUT2D eigenvalue weighted by Crippen LogP contribution is 2.45. The molecule has 3 unspecified atom stereocenters. The minimum absolute atomic E-state index is 0.108. The van der Waals surface area contributed by atoms with Gasteiger partial charge in [0.15, 0.2) is 12.2 Å². The van der Waals surface area contributed by atoms with Crippen LogP contribution in [-0.2, 0) is 65.4 Å². The van der Waals surface area contributed by atoms with Crippen molar-refractivity contribution in [3.05, 3.63) is 0 Å². The molecule has 19 heteroatoms. The molecular weight excluding hydrogens is 1290 g/mol. The lowest BCUT2D eigenvalue weighted by Gasteiger charge is -2.21. The van der Waals surface area contributed by atoms with Crippen LogP contribution < -0.4 is 0 Å². The molecular formula is C80H156O17P2. The molecule has 0 bridgehead atoms. The predicted octanol–water partition coefficient (Wildman–Crippen LogP) is 23.9. The van der Waals surface area contributed by atoms with E-state index >= 15 is 0 Å². The second-order valence-corrected chi connectivity index (χ2v) is 32.4. The largest absolute Gasteiger partial charge is 0.472 e. The van der Waals surface area contributed by atoms with E-state index in [1.807, 2.05) is 0 Å². The Morgan fingerprint density at radius 3 is 0.768 bits per heavy atom. The Labute approximate surface area is 607 Å². The summed E-state index contributed by atoms with van der Waals surface area (Å²) in [7, 11) is -9.91. The van der Waals surface area contributed by atoms with Crippen molar-refractivity contribution in [2.24, 2.45) is 11.8 Å². The van der Waals surface area contributed by atoms with E-state index in [-0.39, 0.29) is 25.7 Å². The average molecular weight is 1450 g/mol. The summed E-state index contributed by atoms with van der Waals surface area (Å²) in [5.41, 5.74) is 0. The fourth-order valence-corrected chi connectivity index (χ4v) is 13.9. The van der Waals surface area contributed by atoms with Crippen LogP contribution in [0.5, 0.6) is 0 Å². The monoisotopic (exact) mass is 1450 g/mol. The number of phosphoric ester groups is 2. The highest BCUT2D eigenvalue weighted by atomic mass is 31.2. The molecule has 0 saturated carbocycles. The maximum absolute atomic E-state index is 13.1. The number of hydrogen-bond donors (Lipinski definition) is 3. The first-order valence-corrected chi connectivity index (χ1v) is 44.5. The van der Waals surface area contributed by atoms with E-state index in [1.165, 1.54) is 231 Å². The molecule has 99 heavy (non-hydrogen) atoms. The fraction of sp³-hybridized carbons (Fsp3) is 0.950. The Bertz CT molecular complexity index is 1910. The van der Waals surface area contributed by atoms with Crippen LogP contribution in [0.15, 0.2) is 0 Å². The van der Waals surface area contributed by atoms with Crippen molar-refractivity contribution in [1.82, 2.24) is 0 Å². The standard InChI is InChI=1S/C80H156O17P2/c1-7-10-12-14-16-18-19-20-22-30-35-40-46-52-58-64-79(84)96-75(68-90-77(82)62-56-50-44-17-15-13-11-8-2)70-94-98(86,87)92-66-74(81)67-93-99(88,89)95-71-76(97-80(85)65-59-53-47-41-36-31-24-21-23-27-32-37-42-48-54-60-72(4)5)69-91-78(83)63-57-51-45-39-34-29-26-25-28-33-38-43-49-55-61-73(6)9-3/h72-76,81H,7-71H2,1-6H3,(H,86,87)(H,88,89)/t73?,74-,75+,76+/m0/s1. The second-order valence-electron chi connectivity index (χ2n) is 29.5. The van der Waals surface area contributed by atoms with E-state index < -0.39 is 97.5 Å². The van der Waals surface area contributed by atoms with Gasteiger partial charge in [-0.1, -0.05) is 369 Å². The molecule has 0 aliphatic heterocycles. The first-order valence-electron chi connectivity index (χ1n) is 41.5. The third kappa shape index (κ3) is 72.8. The van der Waals surface area contributed by atoms with Gasteiger partial charge in [-0.2, -0.15) is 0 Å². The first-order chi connectivity index (χ1) is 47.9. The molecule has 0 heterocycles. The summed E-state index contributed by atoms with van der Waals surface area (Å²) < 4.78 is 68.6. The zero-order chi connectivity index (χ0) is 72.8. The fourth-order valence-electron chi connectivity index (χ4n) is 12.3. The van der Waals surface area contributed by atoms with Gasteiger partial charge in [0.1, 0.15) is 19.3 Å². The van der Waals surface area contributed by atoms with Gasteiger partial charge < -0.3 is 33.8 Å². The maximum Gasteiger partial charge on any atom is 0.472 e. The third-order valence-electron chi connectivity index (χ3n) is 19.1. The molecule has 0 aliphatic rings. The number of phosphoric acid groups is 2. The van der Waals surface area contributed by atoms with E-state index in [0.717, 1.165) is 108 Å². The van der Waals surface area contributed by atoms with Crippen LogP contribution in [0.1, 0.15) is 420 Å². The summed E-state index contributed by atoms with van der Waals surface area (Å²) in [5, 5.41) is 10.6. The molecule has 3 N–H and O–H groups in total. The average Bonchev–Trinajstić information content (AvgIpc) is 1.80. The number of carbonyl (C=O) groups is 4. The third-order valence-corrected chi connectivity index (χ3v) is 21.0. The second kappa shape index (κ2) is 71.7. The minimum atomic E-state index is -4.96. The van der Waals surface area contributed by atoms with Crippen LogP contribution in [0.3, 0.4) is 0 Å². The summed E-state index contributed by atoms with van der Waals surface area (Å²) in [6, 6.07) is 0. The van der Waals surface area contributed by atoms with Gasteiger partial charge in [-0.05, 0) is 37.5 Å². The molecule has 0 aromatic heterocycles. The van der Waals surface area contributed by atoms with Crippen molar-refractivity contribution in [1.29, 1.82) is 0 Å². The summed E-state index contributed by atoms with van der Waals surface area (Å²) >= 11 is 0. The van der Waals surface area contributed by atoms with Crippen LogP contribution in [0.2, 0.25) is 0 Å². The van der Waals surface area contributed by atoms with Crippen LogP contribution in [0, 0.1) is 11.8 Å². The maximum atomic E-state index is 13.1. The van der Waals surface area contributed by atoms with Crippen molar-refractivity contribution in [3.8, 4) is 0 Å². The minimum Gasteiger partial charge on any atom is -0.462 e. The molecule has 588 valence electrons. The number of unbranched alkanes of at least 4 members (excludes halogenated alkanes) is 48. The summed E-state index contributed by atoms with van der Waals surface area (Å²) in [6.07, 6.45) is 61.0. The number of hydrogen-bond acceptors (Lipinski definition) is 15. The van der Waals surface area contributed by atoms with E-state index in [2.05, 4.69) is 41.5 Å². The summed E-state index contributed by atoms with van der Waals surface area (Å²) in [4.78, 5) is 72.9. The Kier molecular flexibility index (Phi) is 70.3. The lowest BCUT2D eigenvalue weighted by atomic mass is 9.99. The molecule has 17 nitrogen and oxygen atoms in total. The van der Waals surface area contributed by atoms with Crippen molar-refractivity contribution >= 4 is 39.5 Å². The summed E-state index contributed by atoms with van der Waals surface area (Å²) in [6.45, 7) is 9.69. The van der Waals surface area contributed by atoms with Gasteiger partial charge in [0.25, 0.3) is 0 Å². The Morgan fingerprint density at radius 1 is 0.293 bits per heavy atom. The molecule has 0 radical (unpaired) electrons. The highest BCUT2D eigenvalue weighted by Gasteiger charge is 2.30. The van der Waals surface area contributed by atoms with Crippen LogP contribution in [0.25, 0.3) is 0 Å². The predicted molar refractivity (Wildman–Crippen MR) is 405 cm³/mol. The van der Waals surface area contributed by atoms with E-state index in [1.54, 1.807) is 0 Å². The number of esters is 4. The zero-order valence-corrected chi connectivity index (χ0v) is 66.6. The van der Waals surface area contributed by atoms with E-state index in [0.29, 0.717) is 25.7 Å². The van der Waals surface area contributed by atoms with Gasteiger partial charge >= 0.3 is 39.5 Å². The number of aliphatic hydroxyl groups excluding tert-OH is 1. The van der Waals surface area contributed by atoms with Gasteiger partial charge in [0.05, 0.1) is 26.4 Å². The smallest absolute Gasteiger partial charge is 0.462 e. The molecule has 6 atom stereocenters. The zero-order valence-electron chi connectivity index (χ0n) is 64.8. The number of carbonyl (C=O) groups excluding carboxylic acids is 4. The number of ether oxygens (including phenoxy) is 4. The van der Waals surface area contributed by atoms with Crippen LogP contribution >= 0.6 is 15.6 Å². The topological polar surface area (TPSA) is 237 Å². The number of aliphatic hydroxyl groups is 1. The molecule has 0 aromatic rings. The molecule has 0 aromatic carbocycles. The molecule has 0 rings (SSSR count). The van der Waals surface area contributed by atoms with Gasteiger partial charge in [0.2, 0.25) is 0 Å². The van der Waals surface area contributed by atoms with E-state index in [4.69, 9.17) is 37.0 Å². The molecule has 0 spiro atoms. The molecule has 0 saturated heterocycles. The van der Waals surface area contributed by atoms with Crippen molar-refractivity contribution in [3.63, 3.8) is 0 Å². The number of rotatable bonds is 79. The van der Waals surface area contributed by atoms with Crippen LogP contribution in [-0.4, -0.2) is 96.7 Å². The van der Waals surface area contributed by atoms with Crippen molar-refractivity contribution < 1.29 is 80.2 Å². The Morgan fingerprint density at radius 2 is 0.515 bits per heavy atom. The van der Waals surface area contributed by atoms with Gasteiger partial charge in [-0.15, -0.1) is 0 Å². The lowest BCUT2D eigenvalue weighted by molar-refractivity contribution is -0.161. The quantitative estimate of drug-likeness (QED) is 0.0222. The van der Waals surface area contributed by atoms with Gasteiger partial charge in [0, 0.05) is 25.7 Å². The van der Waals surface area contributed by atoms with Crippen molar-refractivity contribution in [2.75, 3.05) is 39.6 Å². The Balaban J connectivity index is 5.21. The normalized spacial score (nSPS) is 14.2. The highest BCUT2D eigenvalue weighted by molar-refractivity contribution is 7.47. The SMILES string of the molecule is CCCCCCCCCCCCCCCCCC(=O)O[C@H](COC(=O)CCCCCCCCCC)COP(=O)(O)OC[C@H](O)COP(=O)(O)OC[C@@H](COC(=O)CCCCCCCCCCCCCCCCC(C)CC)OC(=O)CCCCCCCCCCCCCCCCCC(C)C. The van der Waals surface area contributed by atoms with Crippen molar-refractivity contribution in [2.45, 2.75) is 439 Å². The first kappa shape index (κ1) is 97.1. The molecule has 0 amide bonds. The van der Waals surface area contributed by atoms with Crippen LogP contribution in [0.4, 0.5) is 0 Å². The van der Waals surface area contributed by atoms with Gasteiger partial charge in [-0.3, -0.25) is 37.3 Å². The lowest BCUT2D eigenvalue weighted by Crippen LogP contribution is -2.30. The van der Waals surface area contributed by atoms with E-state index in [9.17, 15) is 43.2 Å². The summed E-state index contributed by atoms with van der Waals surface area (Å²) in [5.74, 6) is -0.458. The Hall–Kier alpha value is -1.94. The molecule has 0 fully saturated rings.